The molecular weight excluding hydrogens is 453 g/mol. The number of ether oxygens (including phenoxy) is 2. The number of benzene rings is 1. The van der Waals surface area contributed by atoms with Gasteiger partial charge in [0.2, 0.25) is 0 Å². The van der Waals surface area contributed by atoms with Gasteiger partial charge in [0, 0.05) is 31.6 Å². The Morgan fingerprint density at radius 3 is 2.18 bits per heavy atom. The van der Waals surface area contributed by atoms with Crippen molar-refractivity contribution in [3.63, 3.8) is 0 Å². The van der Waals surface area contributed by atoms with Gasteiger partial charge in [-0.15, -0.1) is 0 Å². The molecule has 0 unspecified atom stereocenters. The van der Waals surface area contributed by atoms with Crippen molar-refractivity contribution in [1.82, 2.24) is 9.80 Å². The zero-order chi connectivity index (χ0) is 25.3. The van der Waals surface area contributed by atoms with Gasteiger partial charge in [0.1, 0.15) is 5.60 Å². The maximum absolute atomic E-state index is 13.5. The summed E-state index contributed by atoms with van der Waals surface area (Å²) < 4.78 is 50.9. The highest BCUT2D eigenvalue weighted by atomic mass is 19.4. The fourth-order valence-electron chi connectivity index (χ4n) is 4.50. The van der Waals surface area contributed by atoms with E-state index in [1.165, 1.54) is 12.0 Å². The van der Waals surface area contributed by atoms with E-state index in [2.05, 4.69) is 0 Å². The topological polar surface area (TPSA) is 76.2 Å². The molecule has 1 aromatic rings. The predicted molar refractivity (Wildman–Crippen MR) is 117 cm³/mol. The summed E-state index contributed by atoms with van der Waals surface area (Å²) in [6, 6.07) is 8.37. The molecule has 0 radical (unpaired) electrons. The van der Waals surface area contributed by atoms with E-state index in [4.69, 9.17) is 9.47 Å². The molecule has 1 saturated heterocycles. The molecule has 0 spiro atoms. The lowest BCUT2D eigenvalue weighted by Crippen LogP contribution is -2.55. The largest absolute Gasteiger partial charge is 0.471 e. The molecule has 2 atom stereocenters. The number of nitrogens with zero attached hydrogens (tertiary/aromatic N) is 2. The third kappa shape index (κ3) is 5.82. The molecule has 2 fully saturated rings. The molecule has 3 rings (SSSR count). The highest BCUT2D eigenvalue weighted by molar-refractivity contribution is 5.84. The van der Waals surface area contributed by atoms with Crippen molar-refractivity contribution >= 4 is 18.0 Å². The summed E-state index contributed by atoms with van der Waals surface area (Å²) in [7, 11) is 1.17. The lowest BCUT2D eigenvalue weighted by Gasteiger charge is -2.42. The van der Waals surface area contributed by atoms with Gasteiger partial charge in [0.25, 0.3) is 0 Å². The number of alkyl halides is 3. The number of carbonyl (C=O) groups excluding carboxylic acids is 3. The molecule has 2 aliphatic rings. The number of piperidine rings is 1. The maximum atomic E-state index is 13.5. The Balaban J connectivity index is 1.81. The molecule has 1 aliphatic carbocycles. The number of likely N-dealkylation sites (tertiary alicyclic amines) is 1. The van der Waals surface area contributed by atoms with Crippen molar-refractivity contribution in [3.05, 3.63) is 35.9 Å². The first-order valence-electron chi connectivity index (χ1n) is 11.3. The first kappa shape index (κ1) is 25.8. The second kappa shape index (κ2) is 9.46. The third-order valence-corrected chi connectivity index (χ3v) is 6.35. The summed E-state index contributed by atoms with van der Waals surface area (Å²) in [5.41, 5.74) is -1.21. The van der Waals surface area contributed by atoms with E-state index in [1.54, 1.807) is 32.9 Å². The normalized spacial score (nSPS) is 22.0. The van der Waals surface area contributed by atoms with Crippen molar-refractivity contribution in [2.75, 3.05) is 26.7 Å². The molecule has 1 heterocycles. The van der Waals surface area contributed by atoms with E-state index in [9.17, 15) is 27.6 Å². The lowest BCUT2D eigenvalue weighted by molar-refractivity contribution is -0.189. The number of halogens is 3. The molecule has 188 valence electrons. The fourth-order valence-corrected chi connectivity index (χ4v) is 4.50. The van der Waals surface area contributed by atoms with Crippen LogP contribution >= 0.6 is 0 Å². The van der Waals surface area contributed by atoms with Crippen molar-refractivity contribution in [3.8, 4) is 0 Å². The minimum atomic E-state index is -5.07. The standard InChI is InChI=1S/C24H31F3N2O5/c1-22(2,3)34-21(32)28-12-10-23(11-13-28,20(31)33-4)15-29(19(30)24(25,26)27)18-14-17(18)16-8-6-5-7-9-16/h5-9,17-18H,10-15H2,1-4H3/t17-,18+/m1/s1. The van der Waals surface area contributed by atoms with Gasteiger partial charge in [-0.2, -0.15) is 13.2 Å². The molecule has 1 aromatic carbocycles. The Hall–Kier alpha value is -2.78. The van der Waals surface area contributed by atoms with E-state index in [0.717, 1.165) is 10.5 Å². The third-order valence-electron chi connectivity index (χ3n) is 6.35. The first-order chi connectivity index (χ1) is 15.8. The van der Waals surface area contributed by atoms with Crippen LogP contribution in [0.15, 0.2) is 30.3 Å². The molecule has 7 nitrogen and oxygen atoms in total. The molecule has 1 saturated carbocycles. The zero-order valence-electron chi connectivity index (χ0n) is 19.9. The Bertz CT molecular complexity index is 905. The van der Waals surface area contributed by atoms with Crippen molar-refractivity contribution in [2.24, 2.45) is 5.41 Å². The highest BCUT2D eigenvalue weighted by Crippen LogP contribution is 2.48. The number of esters is 1. The van der Waals surface area contributed by atoms with Gasteiger partial charge in [0.05, 0.1) is 12.5 Å². The average molecular weight is 485 g/mol. The highest BCUT2D eigenvalue weighted by Gasteiger charge is 2.56. The van der Waals surface area contributed by atoms with Gasteiger partial charge >= 0.3 is 24.1 Å². The Labute approximate surface area is 197 Å². The van der Waals surface area contributed by atoms with E-state index in [1.807, 2.05) is 18.2 Å². The number of hydrogen-bond donors (Lipinski definition) is 0. The molecule has 1 aliphatic heterocycles. The number of rotatable bonds is 5. The van der Waals surface area contributed by atoms with Crippen LogP contribution in [0.4, 0.5) is 18.0 Å². The molecule has 34 heavy (non-hydrogen) atoms. The van der Waals surface area contributed by atoms with Crippen LogP contribution in [0.1, 0.15) is 51.5 Å². The second-order valence-electron chi connectivity index (χ2n) is 9.99. The summed E-state index contributed by atoms with van der Waals surface area (Å²) in [5, 5.41) is 0. The smallest absolute Gasteiger partial charge is 0.469 e. The second-order valence-corrected chi connectivity index (χ2v) is 9.99. The first-order valence-corrected chi connectivity index (χ1v) is 11.3. The summed E-state index contributed by atoms with van der Waals surface area (Å²) in [6.07, 6.45) is -5.13. The van der Waals surface area contributed by atoms with Crippen molar-refractivity contribution in [2.45, 2.75) is 63.8 Å². The van der Waals surface area contributed by atoms with E-state index in [0.29, 0.717) is 6.42 Å². The van der Waals surface area contributed by atoms with Crippen molar-refractivity contribution in [1.29, 1.82) is 0 Å². The minimum Gasteiger partial charge on any atom is -0.469 e. The van der Waals surface area contributed by atoms with Crippen LogP contribution < -0.4 is 0 Å². The van der Waals surface area contributed by atoms with Crippen molar-refractivity contribution < 1.29 is 37.0 Å². The minimum absolute atomic E-state index is 0.0588. The molecule has 0 bridgehead atoms. The Morgan fingerprint density at radius 1 is 1.09 bits per heavy atom. The Kier molecular flexibility index (Phi) is 7.19. The molecule has 0 aromatic heterocycles. The SMILES string of the molecule is COC(=O)C1(CN(C(=O)C(F)(F)F)[C@H]2C[C@@H]2c2ccccc2)CCN(C(=O)OC(C)(C)C)CC1. The summed E-state index contributed by atoms with van der Waals surface area (Å²) in [4.78, 5) is 39.9. The van der Waals surface area contributed by atoms with Gasteiger partial charge in [-0.25, -0.2) is 4.79 Å². The van der Waals surface area contributed by atoms with Crippen LogP contribution in [0, 0.1) is 5.41 Å². The molecule has 10 heteroatoms. The van der Waals surface area contributed by atoms with Crippen LogP contribution in [-0.2, 0) is 19.1 Å². The predicted octanol–water partition coefficient (Wildman–Crippen LogP) is 4.12. The van der Waals surface area contributed by atoms with Gasteiger partial charge in [-0.05, 0) is 45.6 Å². The average Bonchev–Trinajstić information content (AvgIpc) is 3.56. The van der Waals surface area contributed by atoms with E-state index < -0.39 is 47.7 Å². The van der Waals surface area contributed by atoms with Gasteiger partial charge in [-0.1, -0.05) is 30.3 Å². The van der Waals surface area contributed by atoms with Gasteiger partial charge in [-0.3, -0.25) is 9.59 Å². The Morgan fingerprint density at radius 2 is 1.68 bits per heavy atom. The monoisotopic (exact) mass is 484 g/mol. The molecular formula is C24H31F3N2O5. The zero-order valence-corrected chi connectivity index (χ0v) is 19.9. The summed E-state index contributed by atoms with van der Waals surface area (Å²) in [6.45, 7) is 4.97. The quantitative estimate of drug-likeness (QED) is 0.588. The van der Waals surface area contributed by atoms with E-state index >= 15 is 0 Å². The lowest BCUT2D eigenvalue weighted by atomic mass is 9.77. The number of amides is 2. The van der Waals surface area contributed by atoms with Crippen LogP contribution in [-0.4, -0.2) is 72.3 Å². The van der Waals surface area contributed by atoms with Crippen LogP contribution in [0.3, 0.4) is 0 Å². The summed E-state index contributed by atoms with van der Waals surface area (Å²) in [5.74, 6) is -2.88. The van der Waals surface area contributed by atoms with Gasteiger partial charge in [0.15, 0.2) is 0 Å². The number of methoxy groups -OCH3 is 1. The summed E-state index contributed by atoms with van der Waals surface area (Å²) >= 11 is 0. The van der Waals surface area contributed by atoms with Crippen LogP contribution in [0.5, 0.6) is 0 Å². The molecule has 2 amide bonds. The van der Waals surface area contributed by atoms with Crippen LogP contribution in [0.2, 0.25) is 0 Å². The maximum Gasteiger partial charge on any atom is 0.471 e. The molecule has 0 N–H and O–H groups in total. The van der Waals surface area contributed by atoms with Crippen LogP contribution in [0.25, 0.3) is 0 Å². The van der Waals surface area contributed by atoms with Gasteiger partial charge < -0.3 is 19.3 Å². The fraction of sp³-hybridized carbons (Fsp3) is 0.625. The van der Waals surface area contributed by atoms with E-state index in [-0.39, 0.29) is 31.8 Å². The number of hydrogen-bond acceptors (Lipinski definition) is 5. The number of carbonyl (C=O) groups is 3.